The molecular weight excluding hydrogens is 298 g/mol. The average Bonchev–Trinajstić information content (AvgIpc) is 3.00. The second kappa shape index (κ2) is 6.07. The van der Waals surface area contributed by atoms with Crippen molar-refractivity contribution in [1.29, 1.82) is 0 Å². The number of nitrogens with one attached hydrogen (secondary N) is 1. The molecule has 0 fully saturated rings. The number of aliphatic carboxylic acids is 1. The van der Waals surface area contributed by atoms with E-state index < -0.39 is 12.0 Å². The Morgan fingerprint density at radius 2 is 2.22 bits per heavy atom. The monoisotopic (exact) mass is 315 g/mol. The Labute approximate surface area is 132 Å². The Hall–Kier alpha value is -2.90. The molecule has 1 aromatic heterocycles. The summed E-state index contributed by atoms with van der Waals surface area (Å²) in [5, 5.41) is 23.3. The first-order chi connectivity index (χ1) is 11.1. The third kappa shape index (κ3) is 3.01. The Morgan fingerprint density at radius 1 is 1.43 bits per heavy atom. The first-order valence-corrected chi connectivity index (χ1v) is 7.28. The van der Waals surface area contributed by atoms with Crippen molar-refractivity contribution in [2.24, 2.45) is 5.92 Å². The van der Waals surface area contributed by atoms with Gasteiger partial charge in [-0.05, 0) is 28.5 Å². The van der Waals surface area contributed by atoms with Crippen molar-refractivity contribution in [2.75, 3.05) is 11.9 Å². The lowest BCUT2D eigenvalue weighted by Gasteiger charge is -2.23. The van der Waals surface area contributed by atoms with Gasteiger partial charge in [0, 0.05) is 5.56 Å². The number of anilines is 1. The molecule has 0 amide bonds. The largest absolute Gasteiger partial charge is 0.493 e. The molecule has 1 aliphatic heterocycles. The van der Waals surface area contributed by atoms with E-state index in [0.29, 0.717) is 18.3 Å². The standard InChI is InChI=1S/C15H17N5O3/c1-9(2)8-23-13-6-4-3-5-10(13)12-7-11(14(21)22)16-15-17-18-19-20(12)15/h3-7,9,12H,8H2,1-2H3,(H,21,22)(H,16,17,19)/t12-/m1/s1. The second-order valence-corrected chi connectivity index (χ2v) is 5.65. The lowest BCUT2D eigenvalue weighted by molar-refractivity contribution is -0.132. The molecule has 3 rings (SSSR count). The first-order valence-electron chi connectivity index (χ1n) is 7.28. The number of nitrogens with zero attached hydrogens (tertiary/aromatic N) is 4. The number of tetrazole rings is 1. The topological polar surface area (TPSA) is 102 Å². The maximum absolute atomic E-state index is 11.3. The maximum atomic E-state index is 11.3. The molecule has 1 aliphatic rings. The summed E-state index contributed by atoms with van der Waals surface area (Å²) in [5.41, 5.74) is 0.845. The molecule has 0 spiro atoms. The van der Waals surface area contributed by atoms with E-state index in [1.165, 1.54) is 4.68 Å². The van der Waals surface area contributed by atoms with Gasteiger partial charge < -0.3 is 15.2 Å². The summed E-state index contributed by atoms with van der Waals surface area (Å²) in [6.45, 7) is 4.70. The number of aromatic nitrogens is 4. The quantitative estimate of drug-likeness (QED) is 0.865. The van der Waals surface area contributed by atoms with E-state index in [9.17, 15) is 9.90 Å². The number of carboxylic acids is 1. The molecule has 0 saturated carbocycles. The highest BCUT2D eigenvalue weighted by Crippen LogP contribution is 2.33. The van der Waals surface area contributed by atoms with Crippen molar-refractivity contribution in [3.63, 3.8) is 0 Å². The number of para-hydroxylation sites is 1. The van der Waals surface area contributed by atoms with Crippen LogP contribution in [0.4, 0.5) is 5.95 Å². The number of hydrogen-bond donors (Lipinski definition) is 2. The predicted octanol–water partition coefficient (Wildman–Crippen LogP) is 1.69. The van der Waals surface area contributed by atoms with Crippen LogP contribution in [0.1, 0.15) is 25.5 Å². The van der Waals surface area contributed by atoms with Gasteiger partial charge in [-0.25, -0.2) is 4.79 Å². The van der Waals surface area contributed by atoms with Crippen molar-refractivity contribution in [2.45, 2.75) is 19.9 Å². The number of carbonyl (C=O) groups is 1. The van der Waals surface area contributed by atoms with Gasteiger partial charge in [0.05, 0.1) is 6.61 Å². The normalized spacial score (nSPS) is 16.5. The highest BCUT2D eigenvalue weighted by atomic mass is 16.5. The fourth-order valence-corrected chi connectivity index (χ4v) is 2.31. The van der Waals surface area contributed by atoms with Crippen LogP contribution in [0.15, 0.2) is 36.0 Å². The van der Waals surface area contributed by atoms with Crippen LogP contribution in [0.5, 0.6) is 5.75 Å². The number of rotatable bonds is 5. The van der Waals surface area contributed by atoms with Crippen LogP contribution in [0.25, 0.3) is 0 Å². The summed E-state index contributed by atoms with van der Waals surface area (Å²) < 4.78 is 7.39. The molecule has 0 radical (unpaired) electrons. The molecule has 0 unspecified atom stereocenters. The van der Waals surface area contributed by atoms with Gasteiger partial charge in [0.1, 0.15) is 17.5 Å². The SMILES string of the molecule is CC(C)COc1ccccc1[C@H]1C=C(C(=O)O)Nc2nnnn21. The van der Waals surface area contributed by atoms with Crippen molar-refractivity contribution in [3.05, 3.63) is 41.6 Å². The molecule has 2 aromatic rings. The van der Waals surface area contributed by atoms with E-state index in [1.807, 2.05) is 24.3 Å². The molecule has 0 aliphatic carbocycles. The zero-order valence-corrected chi connectivity index (χ0v) is 12.8. The zero-order chi connectivity index (χ0) is 16.4. The molecule has 8 nitrogen and oxygen atoms in total. The molecule has 23 heavy (non-hydrogen) atoms. The summed E-state index contributed by atoms with van der Waals surface area (Å²) in [6, 6.07) is 7.04. The Bertz CT molecular complexity index is 753. The van der Waals surface area contributed by atoms with Gasteiger partial charge in [0.2, 0.25) is 5.95 Å². The second-order valence-electron chi connectivity index (χ2n) is 5.65. The average molecular weight is 315 g/mol. The number of benzene rings is 1. The highest BCUT2D eigenvalue weighted by Gasteiger charge is 2.28. The predicted molar refractivity (Wildman–Crippen MR) is 82.1 cm³/mol. The van der Waals surface area contributed by atoms with E-state index in [0.717, 1.165) is 5.56 Å². The summed E-state index contributed by atoms with van der Waals surface area (Å²) in [7, 11) is 0. The van der Waals surface area contributed by atoms with Crippen molar-refractivity contribution < 1.29 is 14.6 Å². The van der Waals surface area contributed by atoms with Gasteiger partial charge in [-0.2, -0.15) is 4.68 Å². The Balaban J connectivity index is 2.02. The minimum atomic E-state index is -1.06. The van der Waals surface area contributed by atoms with Crippen molar-refractivity contribution >= 4 is 11.9 Å². The van der Waals surface area contributed by atoms with Gasteiger partial charge >= 0.3 is 5.97 Å². The minimum absolute atomic E-state index is 0.0379. The molecule has 0 bridgehead atoms. The van der Waals surface area contributed by atoms with Crippen LogP contribution >= 0.6 is 0 Å². The van der Waals surface area contributed by atoms with Crippen molar-refractivity contribution in [3.8, 4) is 5.75 Å². The van der Waals surface area contributed by atoms with Gasteiger partial charge in [0.15, 0.2) is 0 Å². The fraction of sp³-hybridized carbons (Fsp3) is 0.333. The first kappa shape index (κ1) is 15.0. The van der Waals surface area contributed by atoms with Gasteiger partial charge in [-0.1, -0.05) is 37.1 Å². The summed E-state index contributed by atoms with van der Waals surface area (Å²) in [6.07, 6.45) is 1.57. The number of carboxylic acid groups (broad SMARTS) is 1. The molecule has 0 saturated heterocycles. The van der Waals surface area contributed by atoms with Crippen molar-refractivity contribution in [1.82, 2.24) is 20.2 Å². The van der Waals surface area contributed by atoms with Crippen LogP contribution in [-0.2, 0) is 4.79 Å². The van der Waals surface area contributed by atoms with Gasteiger partial charge in [-0.3, -0.25) is 0 Å². The smallest absolute Gasteiger partial charge is 0.352 e. The van der Waals surface area contributed by atoms with Crippen LogP contribution in [0.3, 0.4) is 0 Å². The van der Waals surface area contributed by atoms with E-state index >= 15 is 0 Å². The lowest BCUT2D eigenvalue weighted by Crippen LogP contribution is -2.24. The third-order valence-corrected chi connectivity index (χ3v) is 3.37. The highest BCUT2D eigenvalue weighted by molar-refractivity contribution is 5.90. The molecule has 120 valence electrons. The minimum Gasteiger partial charge on any atom is -0.493 e. The van der Waals surface area contributed by atoms with E-state index in [2.05, 4.69) is 34.7 Å². The molecular formula is C15H17N5O3. The number of fused-ring (bicyclic) bond motifs is 1. The van der Waals surface area contributed by atoms with Crippen LogP contribution in [-0.4, -0.2) is 37.9 Å². The van der Waals surface area contributed by atoms with E-state index in [-0.39, 0.29) is 11.6 Å². The third-order valence-electron chi connectivity index (χ3n) is 3.37. The van der Waals surface area contributed by atoms with E-state index in [4.69, 9.17) is 4.74 Å². The Morgan fingerprint density at radius 3 is 2.96 bits per heavy atom. The van der Waals surface area contributed by atoms with Gasteiger partial charge in [0.25, 0.3) is 0 Å². The molecule has 1 atom stereocenters. The maximum Gasteiger partial charge on any atom is 0.352 e. The zero-order valence-electron chi connectivity index (χ0n) is 12.8. The lowest BCUT2D eigenvalue weighted by atomic mass is 10.0. The fourth-order valence-electron chi connectivity index (χ4n) is 2.31. The molecule has 2 heterocycles. The number of hydrogen-bond acceptors (Lipinski definition) is 6. The molecule has 1 aromatic carbocycles. The summed E-state index contributed by atoms with van der Waals surface area (Å²) in [4.78, 5) is 11.3. The van der Waals surface area contributed by atoms with Gasteiger partial charge in [-0.15, -0.1) is 0 Å². The summed E-state index contributed by atoms with van der Waals surface area (Å²) in [5.74, 6) is 0.290. The van der Waals surface area contributed by atoms with E-state index in [1.54, 1.807) is 6.08 Å². The summed E-state index contributed by atoms with van der Waals surface area (Å²) >= 11 is 0. The number of allylic oxidation sites excluding steroid dienone is 1. The Kier molecular flexibility index (Phi) is 3.96. The number of ether oxygens (including phenoxy) is 1. The molecule has 8 heteroatoms. The van der Waals surface area contributed by atoms with Crippen LogP contribution in [0.2, 0.25) is 0 Å². The molecule has 2 N–H and O–H groups in total. The van der Waals surface area contributed by atoms with Crippen LogP contribution in [0, 0.1) is 5.92 Å². The van der Waals surface area contributed by atoms with Crippen LogP contribution < -0.4 is 10.1 Å².